The van der Waals surface area contributed by atoms with Gasteiger partial charge in [0.2, 0.25) is 5.91 Å². The molecule has 2 aliphatic heterocycles. The lowest BCUT2D eigenvalue weighted by atomic mass is 10.0. The minimum absolute atomic E-state index is 0.127. The highest BCUT2D eigenvalue weighted by Gasteiger charge is 2.30. The number of rotatable bonds is 9. The van der Waals surface area contributed by atoms with Gasteiger partial charge in [-0.1, -0.05) is 49.6 Å². The van der Waals surface area contributed by atoms with Crippen molar-refractivity contribution >= 4 is 28.6 Å². The number of hydrogen-bond acceptors (Lipinski definition) is 6. The molecule has 1 unspecified atom stereocenters. The molecule has 36 heavy (non-hydrogen) atoms. The van der Waals surface area contributed by atoms with Crippen molar-refractivity contribution < 1.29 is 4.79 Å². The highest BCUT2D eigenvalue weighted by molar-refractivity contribution is 7.12. The molecule has 1 aromatic carbocycles. The van der Waals surface area contributed by atoms with Gasteiger partial charge in [0.1, 0.15) is 6.04 Å². The Morgan fingerprint density at radius 3 is 2.94 bits per heavy atom. The van der Waals surface area contributed by atoms with Gasteiger partial charge in [-0.05, 0) is 47.2 Å². The summed E-state index contributed by atoms with van der Waals surface area (Å²) in [7, 11) is 0. The van der Waals surface area contributed by atoms with Crippen molar-refractivity contribution in [1.82, 2.24) is 20.2 Å². The van der Waals surface area contributed by atoms with Crippen molar-refractivity contribution in [3.8, 4) is 0 Å². The smallest absolute Gasteiger partial charge is 0.294 e. The third-order valence-electron chi connectivity index (χ3n) is 6.58. The SMILES string of the molecule is C=C/C=C(\C=C)c1cccc(CNc2ncc3n(c2=O)C(C(=O)NCc2cc4c(s2)CNC4)CC3)c1. The molecule has 184 valence electrons. The summed E-state index contributed by atoms with van der Waals surface area (Å²) in [6, 6.07) is 9.64. The second-order valence-electron chi connectivity index (χ2n) is 8.93. The van der Waals surface area contributed by atoms with Crippen LogP contribution in [0.2, 0.25) is 0 Å². The van der Waals surface area contributed by atoms with Crippen LogP contribution in [0.4, 0.5) is 5.82 Å². The number of amides is 1. The third kappa shape index (κ3) is 4.82. The molecule has 1 atom stereocenters. The molecule has 0 saturated heterocycles. The largest absolute Gasteiger partial charge is 0.361 e. The number of benzene rings is 1. The molecule has 0 aliphatic carbocycles. The summed E-state index contributed by atoms with van der Waals surface area (Å²) in [5.41, 5.74) is 4.84. The fourth-order valence-electron chi connectivity index (χ4n) is 4.78. The number of carbonyl (C=O) groups excluding carboxylic acids is 1. The van der Waals surface area contributed by atoms with E-state index in [1.165, 1.54) is 10.4 Å². The first-order valence-corrected chi connectivity index (χ1v) is 12.9. The van der Waals surface area contributed by atoms with Crippen LogP contribution in [0.15, 0.2) is 72.7 Å². The predicted molar refractivity (Wildman–Crippen MR) is 145 cm³/mol. The van der Waals surface area contributed by atoms with E-state index < -0.39 is 6.04 Å². The Labute approximate surface area is 214 Å². The quantitative estimate of drug-likeness (QED) is 0.386. The van der Waals surface area contributed by atoms with Gasteiger partial charge in [-0.25, -0.2) is 4.98 Å². The molecule has 0 bridgehead atoms. The van der Waals surface area contributed by atoms with Gasteiger partial charge < -0.3 is 16.0 Å². The average Bonchev–Trinajstić information content (AvgIpc) is 3.61. The monoisotopic (exact) mass is 499 g/mol. The van der Waals surface area contributed by atoms with Crippen LogP contribution in [0.5, 0.6) is 0 Å². The van der Waals surface area contributed by atoms with E-state index in [4.69, 9.17) is 0 Å². The third-order valence-corrected chi connectivity index (χ3v) is 7.76. The Hall–Kier alpha value is -3.75. The molecule has 5 rings (SSSR count). The number of thiophene rings is 1. The van der Waals surface area contributed by atoms with Crippen LogP contribution in [-0.4, -0.2) is 15.5 Å². The van der Waals surface area contributed by atoms with E-state index in [0.717, 1.165) is 40.4 Å². The summed E-state index contributed by atoms with van der Waals surface area (Å²) in [4.78, 5) is 33.2. The zero-order valence-electron chi connectivity index (χ0n) is 20.0. The van der Waals surface area contributed by atoms with Gasteiger partial charge in [-0.2, -0.15) is 0 Å². The normalized spacial score (nSPS) is 16.3. The van der Waals surface area contributed by atoms with Crippen molar-refractivity contribution in [2.75, 3.05) is 5.32 Å². The minimum Gasteiger partial charge on any atom is -0.361 e. The van der Waals surface area contributed by atoms with Crippen LogP contribution in [0.25, 0.3) is 5.57 Å². The number of aryl methyl sites for hydroxylation is 1. The number of hydrogen-bond donors (Lipinski definition) is 3. The molecule has 7 nitrogen and oxygen atoms in total. The number of aromatic nitrogens is 2. The average molecular weight is 500 g/mol. The van der Waals surface area contributed by atoms with Gasteiger partial charge >= 0.3 is 0 Å². The number of nitrogens with one attached hydrogen (secondary N) is 3. The van der Waals surface area contributed by atoms with Crippen molar-refractivity contribution in [2.24, 2.45) is 0 Å². The Balaban J connectivity index is 1.28. The Bertz CT molecular complexity index is 1400. The van der Waals surface area contributed by atoms with Crippen molar-refractivity contribution in [1.29, 1.82) is 0 Å². The molecule has 8 heteroatoms. The van der Waals surface area contributed by atoms with Crippen LogP contribution in [-0.2, 0) is 37.4 Å². The number of anilines is 1. The fraction of sp³-hybridized carbons (Fsp3) is 0.250. The molecule has 0 saturated carbocycles. The second-order valence-corrected chi connectivity index (χ2v) is 10.1. The van der Waals surface area contributed by atoms with E-state index in [1.807, 2.05) is 30.3 Å². The van der Waals surface area contributed by atoms with Crippen LogP contribution in [0, 0.1) is 0 Å². The van der Waals surface area contributed by atoms with Crippen molar-refractivity contribution in [2.45, 2.75) is 45.1 Å². The summed E-state index contributed by atoms with van der Waals surface area (Å²) in [5, 5.41) is 9.53. The first kappa shape index (κ1) is 24.0. The molecule has 3 aromatic rings. The Morgan fingerprint density at radius 1 is 1.25 bits per heavy atom. The van der Waals surface area contributed by atoms with Gasteiger partial charge in [0, 0.05) is 41.3 Å². The molecule has 3 N–H and O–H groups in total. The molecule has 2 aliphatic rings. The topological polar surface area (TPSA) is 88.0 Å². The molecule has 0 radical (unpaired) electrons. The van der Waals surface area contributed by atoms with Crippen molar-refractivity contribution in [3.05, 3.63) is 110 Å². The van der Waals surface area contributed by atoms with Crippen LogP contribution in [0.3, 0.4) is 0 Å². The van der Waals surface area contributed by atoms with E-state index in [2.05, 4.69) is 40.2 Å². The summed E-state index contributed by atoms with van der Waals surface area (Å²) < 4.78 is 1.60. The molecule has 4 heterocycles. The zero-order chi connectivity index (χ0) is 25.1. The number of nitrogens with zero attached hydrogens (tertiary/aromatic N) is 2. The summed E-state index contributed by atoms with van der Waals surface area (Å²) in [6.45, 7) is 10.3. The molecule has 2 aromatic heterocycles. The van der Waals surface area contributed by atoms with E-state index in [0.29, 0.717) is 25.9 Å². The molecule has 1 amide bonds. The van der Waals surface area contributed by atoms with Crippen LogP contribution < -0.4 is 21.5 Å². The van der Waals surface area contributed by atoms with E-state index in [9.17, 15) is 9.59 Å². The summed E-state index contributed by atoms with van der Waals surface area (Å²) >= 11 is 1.73. The molecule has 0 fully saturated rings. The van der Waals surface area contributed by atoms with Gasteiger partial charge in [-0.3, -0.25) is 14.2 Å². The highest BCUT2D eigenvalue weighted by atomic mass is 32.1. The minimum atomic E-state index is -0.521. The van der Waals surface area contributed by atoms with E-state index in [-0.39, 0.29) is 17.3 Å². The first-order chi connectivity index (χ1) is 17.6. The van der Waals surface area contributed by atoms with E-state index >= 15 is 0 Å². The lowest BCUT2D eigenvalue weighted by molar-refractivity contribution is -0.124. The van der Waals surface area contributed by atoms with Crippen molar-refractivity contribution in [3.63, 3.8) is 0 Å². The highest BCUT2D eigenvalue weighted by Crippen LogP contribution is 2.27. The van der Waals surface area contributed by atoms with Crippen LogP contribution in [0.1, 0.15) is 44.6 Å². The van der Waals surface area contributed by atoms with Gasteiger partial charge in [0.05, 0.1) is 6.54 Å². The Kier molecular flexibility index (Phi) is 6.97. The van der Waals surface area contributed by atoms with Gasteiger partial charge in [-0.15, -0.1) is 11.3 Å². The first-order valence-electron chi connectivity index (χ1n) is 12.0. The second kappa shape index (κ2) is 10.5. The number of allylic oxidation sites excluding steroid dienone is 4. The Morgan fingerprint density at radius 2 is 2.14 bits per heavy atom. The summed E-state index contributed by atoms with van der Waals surface area (Å²) in [6.07, 6.45) is 8.37. The van der Waals surface area contributed by atoms with Crippen LogP contribution >= 0.6 is 11.3 Å². The molecular formula is C28H29N5O2S. The maximum Gasteiger partial charge on any atom is 0.294 e. The fourth-order valence-corrected chi connectivity index (χ4v) is 5.88. The molecule has 0 spiro atoms. The van der Waals surface area contributed by atoms with Gasteiger partial charge in [0.25, 0.3) is 5.56 Å². The lowest BCUT2D eigenvalue weighted by Gasteiger charge is -2.16. The molecular weight excluding hydrogens is 470 g/mol. The number of fused-ring (bicyclic) bond motifs is 2. The predicted octanol–water partition coefficient (Wildman–Crippen LogP) is 4.08. The lowest BCUT2D eigenvalue weighted by Crippen LogP contribution is -2.36. The number of carbonyl (C=O) groups is 1. The maximum atomic E-state index is 13.3. The summed E-state index contributed by atoms with van der Waals surface area (Å²) in [5.74, 6) is 0.120. The zero-order valence-corrected chi connectivity index (χ0v) is 20.9. The maximum absolute atomic E-state index is 13.3. The van der Waals surface area contributed by atoms with Gasteiger partial charge in [0.15, 0.2) is 5.82 Å². The van der Waals surface area contributed by atoms with E-state index in [1.54, 1.807) is 34.3 Å². The standard InChI is InChI=1S/C28H29N5O2S/c1-3-6-19(4-2)20-8-5-7-18(11-20)13-30-26-28(35)33-22(15-31-26)9-10-24(33)27(34)32-16-23-12-21-14-29-17-25(21)36-23/h3-8,11-12,15,24,29H,1-2,9-10,13-14,16-17H2,(H,30,31)(H,32,34)/b19-6+.